The summed E-state index contributed by atoms with van der Waals surface area (Å²) in [6.07, 6.45) is -1.66. The molecule has 0 aliphatic carbocycles. The lowest BCUT2D eigenvalue weighted by atomic mass is 10.0. The summed E-state index contributed by atoms with van der Waals surface area (Å²) in [4.78, 5) is 3.75. The molecule has 2 nitrogen and oxygen atoms in total. The maximum atomic E-state index is 12.5. The van der Waals surface area contributed by atoms with Crippen LogP contribution in [0.25, 0.3) is 0 Å². The van der Waals surface area contributed by atoms with Gasteiger partial charge in [-0.1, -0.05) is 31.9 Å². The van der Waals surface area contributed by atoms with E-state index in [0.717, 1.165) is 25.1 Å². The van der Waals surface area contributed by atoms with Crippen molar-refractivity contribution >= 4 is 17.4 Å². The van der Waals surface area contributed by atoms with E-state index < -0.39 is 11.7 Å². The number of hydrogen-bond acceptors (Lipinski definition) is 2. The first-order valence-corrected chi connectivity index (χ1v) is 6.61. The standard InChI is InChI=1S/C13H18ClF3N2/c1-4-8(2)5-9(3)19-12-11(14)6-10(7-18-12)13(15,16)17/h6-9H,4-5H2,1-3H3,(H,18,19). The number of halogens is 4. The van der Waals surface area contributed by atoms with Crippen LogP contribution in [0.5, 0.6) is 0 Å². The Hall–Kier alpha value is -0.970. The number of rotatable bonds is 5. The molecule has 0 aliphatic heterocycles. The van der Waals surface area contributed by atoms with Crippen molar-refractivity contribution in [3.8, 4) is 0 Å². The highest BCUT2D eigenvalue weighted by molar-refractivity contribution is 6.32. The molecule has 1 rings (SSSR count). The zero-order valence-corrected chi connectivity index (χ0v) is 11.9. The Bertz CT molecular complexity index is 421. The monoisotopic (exact) mass is 294 g/mol. The lowest BCUT2D eigenvalue weighted by Crippen LogP contribution is -2.19. The Balaban J connectivity index is 2.75. The first kappa shape index (κ1) is 16.1. The van der Waals surface area contributed by atoms with Crippen molar-refractivity contribution in [3.05, 3.63) is 22.8 Å². The Morgan fingerprint density at radius 1 is 1.37 bits per heavy atom. The Morgan fingerprint density at radius 2 is 2.00 bits per heavy atom. The molecule has 1 aromatic rings. The molecule has 0 saturated carbocycles. The zero-order valence-electron chi connectivity index (χ0n) is 11.2. The van der Waals surface area contributed by atoms with E-state index in [9.17, 15) is 13.2 Å². The molecule has 1 heterocycles. The molecule has 2 unspecified atom stereocenters. The van der Waals surface area contributed by atoms with Crippen LogP contribution in [0.4, 0.5) is 19.0 Å². The Kier molecular flexibility index (Phi) is 5.47. The molecule has 0 amide bonds. The van der Waals surface area contributed by atoms with Crippen molar-refractivity contribution in [2.45, 2.75) is 45.8 Å². The molecule has 0 spiro atoms. The lowest BCUT2D eigenvalue weighted by Gasteiger charge is -2.19. The summed E-state index contributed by atoms with van der Waals surface area (Å²) in [7, 11) is 0. The van der Waals surface area contributed by atoms with Crippen LogP contribution in [0.2, 0.25) is 5.02 Å². The van der Waals surface area contributed by atoms with Gasteiger partial charge < -0.3 is 5.32 Å². The van der Waals surface area contributed by atoms with Gasteiger partial charge in [0.1, 0.15) is 5.82 Å². The Morgan fingerprint density at radius 3 is 2.47 bits per heavy atom. The molecule has 1 N–H and O–H groups in total. The van der Waals surface area contributed by atoms with Crippen molar-refractivity contribution < 1.29 is 13.2 Å². The fraction of sp³-hybridized carbons (Fsp3) is 0.615. The predicted molar refractivity (Wildman–Crippen MR) is 71.4 cm³/mol. The van der Waals surface area contributed by atoms with Crippen LogP contribution in [0.15, 0.2) is 12.3 Å². The van der Waals surface area contributed by atoms with E-state index in [1.54, 1.807) is 0 Å². The normalized spacial score (nSPS) is 15.1. The van der Waals surface area contributed by atoms with Crippen LogP contribution in [0.3, 0.4) is 0 Å². The highest BCUT2D eigenvalue weighted by atomic mass is 35.5. The number of pyridine rings is 1. The minimum absolute atomic E-state index is 0.00849. The maximum Gasteiger partial charge on any atom is 0.417 e. The van der Waals surface area contributed by atoms with Crippen molar-refractivity contribution in [2.24, 2.45) is 5.92 Å². The van der Waals surface area contributed by atoms with Gasteiger partial charge in [-0.3, -0.25) is 0 Å². The van der Waals surface area contributed by atoms with Crippen molar-refractivity contribution in [1.29, 1.82) is 0 Å². The molecular formula is C13H18ClF3N2. The van der Waals surface area contributed by atoms with Gasteiger partial charge in [-0.05, 0) is 25.3 Å². The minimum atomic E-state index is -4.42. The van der Waals surface area contributed by atoms with E-state index in [-0.39, 0.29) is 11.1 Å². The van der Waals surface area contributed by atoms with E-state index in [1.807, 2.05) is 6.92 Å². The minimum Gasteiger partial charge on any atom is -0.366 e. The van der Waals surface area contributed by atoms with Gasteiger partial charge in [-0.25, -0.2) is 4.98 Å². The largest absolute Gasteiger partial charge is 0.417 e. The van der Waals surface area contributed by atoms with Gasteiger partial charge in [0.05, 0.1) is 10.6 Å². The zero-order chi connectivity index (χ0) is 14.6. The first-order chi connectivity index (χ1) is 8.74. The summed E-state index contributed by atoms with van der Waals surface area (Å²) < 4.78 is 37.4. The molecule has 0 radical (unpaired) electrons. The predicted octanol–water partition coefficient (Wildman–Crippen LogP) is 4.99. The number of anilines is 1. The highest BCUT2D eigenvalue weighted by Crippen LogP contribution is 2.32. The smallest absolute Gasteiger partial charge is 0.366 e. The summed E-state index contributed by atoms with van der Waals surface area (Å²) >= 11 is 5.82. The van der Waals surface area contributed by atoms with E-state index in [2.05, 4.69) is 24.1 Å². The SMILES string of the molecule is CCC(C)CC(C)Nc1ncc(C(F)(F)F)cc1Cl. The topological polar surface area (TPSA) is 24.9 Å². The second-order valence-electron chi connectivity index (χ2n) is 4.85. The number of hydrogen-bond donors (Lipinski definition) is 1. The van der Waals surface area contributed by atoms with Crippen molar-refractivity contribution in [1.82, 2.24) is 4.98 Å². The third-order valence-corrected chi connectivity index (χ3v) is 3.29. The molecule has 1 aromatic heterocycles. The highest BCUT2D eigenvalue weighted by Gasteiger charge is 2.31. The van der Waals surface area contributed by atoms with Crippen molar-refractivity contribution in [2.75, 3.05) is 5.32 Å². The van der Waals surface area contributed by atoms with Gasteiger partial charge >= 0.3 is 6.18 Å². The Labute approximate surface area is 116 Å². The quantitative estimate of drug-likeness (QED) is 0.827. The molecule has 0 bridgehead atoms. The van der Waals surface area contributed by atoms with E-state index in [4.69, 9.17) is 11.6 Å². The summed E-state index contributed by atoms with van der Waals surface area (Å²) in [6.45, 7) is 6.18. The molecule has 0 aliphatic rings. The van der Waals surface area contributed by atoms with Crippen LogP contribution in [-0.2, 0) is 6.18 Å². The molecule has 0 fully saturated rings. The third kappa shape index (κ3) is 4.90. The second kappa shape index (κ2) is 6.46. The molecule has 0 saturated heterocycles. The van der Waals surface area contributed by atoms with Gasteiger partial charge in [0.2, 0.25) is 0 Å². The lowest BCUT2D eigenvalue weighted by molar-refractivity contribution is -0.137. The third-order valence-electron chi connectivity index (χ3n) is 3.00. The van der Waals surface area contributed by atoms with Crippen molar-refractivity contribution in [3.63, 3.8) is 0 Å². The maximum absolute atomic E-state index is 12.5. The number of nitrogens with zero attached hydrogens (tertiary/aromatic N) is 1. The molecule has 108 valence electrons. The van der Waals surface area contributed by atoms with Gasteiger partial charge in [0.15, 0.2) is 0 Å². The van der Waals surface area contributed by atoms with Gasteiger partial charge in [-0.2, -0.15) is 13.2 Å². The average Bonchev–Trinajstić information content (AvgIpc) is 2.30. The van der Waals surface area contributed by atoms with Crippen LogP contribution >= 0.6 is 11.6 Å². The summed E-state index contributed by atoms with van der Waals surface area (Å²) in [5, 5.41) is 3.04. The van der Waals surface area contributed by atoms with Gasteiger partial charge in [0.25, 0.3) is 0 Å². The molecule has 2 atom stereocenters. The van der Waals surface area contributed by atoms with E-state index >= 15 is 0 Å². The fourth-order valence-electron chi connectivity index (χ4n) is 1.76. The summed E-state index contributed by atoms with van der Waals surface area (Å²) in [5.74, 6) is 0.834. The molecule has 0 aromatic carbocycles. The summed E-state index contributed by atoms with van der Waals surface area (Å²) in [5.41, 5.74) is -0.836. The number of nitrogens with one attached hydrogen (secondary N) is 1. The van der Waals surface area contributed by atoms with Gasteiger partial charge in [0, 0.05) is 12.2 Å². The van der Waals surface area contributed by atoms with E-state index in [0.29, 0.717) is 11.7 Å². The fourth-order valence-corrected chi connectivity index (χ4v) is 1.98. The van der Waals surface area contributed by atoms with Gasteiger partial charge in [-0.15, -0.1) is 0 Å². The van der Waals surface area contributed by atoms with E-state index in [1.165, 1.54) is 0 Å². The van der Waals surface area contributed by atoms with Crippen LogP contribution in [0.1, 0.15) is 39.2 Å². The second-order valence-corrected chi connectivity index (χ2v) is 5.25. The van der Waals surface area contributed by atoms with Crippen LogP contribution in [0, 0.1) is 5.92 Å². The number of alkyl halides is 3. The molecule has 6 heteroatoms. The van der Waals surface area contributed by atoms with Crippen LogP contribution < -0.4 is 5.32 Å². The summed E-state index contributed by atoms with van der Waals surface area (Å²) in [6, 6.07) is 1.00. The molecule has 19 heavy (non-hydrogen) atoms. The first-order valence-electron chi connectivity index (χ1n) is 6.23. The number of aromatic nitrogens is 1. The van der Waals surface area contributed by atoms with Crippen LogP contribution in [-0.4, -0.2) is 11.0 Å². The molecular weight excluding hydrogens is 277 g/mol. The average molecular weight is 295 g/mol.